The Kier molecular flexibility index (Phi) is 3.85. The number of thiocarbonyl (C=S) groups is 1. The molecule has 4 nitrogen and oxygen atoms in total. The molecule has 2 rings (SSSR count). The Hall–Kier alpha value is -1.88. The quantitative estimate of drug-likeness (QED) is 0.869. The molecule has 0 spiro atoms. The van der Waals surface area contributed by atoms with Crippen LogP contribution in [0.2, 0.25) is 0 Å². The van der Waals surface area contributed by atoms with E-state index in [2.05, 4.69) is 4.98 Å². The highest BCUT2D eigenvalue weighted by Crippen LogP contribution is 2.22. The molecule has 5 heteroatoms. The summed E-state index contributed by atoms with van der Waals surface area (Å²) >= 11 is 5.12. The number of hydrogen-bond donors (Lipinski definition) is 1. The highest BCUT2D eigenvalue weighted by atomic mass is 32.1. The van der Waals surface area contributed by atoms with Crippen molar-refractivity contribution in [3.8, 4) is 0 Å². The van der Waals surface area contributed by atoms with Crippen LogP contribution in [0.5, 0.6) is 0 Å². The lowest BCUT2D eigenvalue weighted by Gasteiger charge is -2.21. The average molecular weight is 275 g/mol. The fourth-order valence-corrected chi connectivity index (χ4v) is 2.30. The maximum absolute atomic E-state index is 5.80. The zero-order chi connectivity index (χ0) is 14.0. The molecule has 2 N–H and O–H groups in total. The third kappa shape index (κ3) is 2.76. The standard InChI is InChI=1S/C14H17N3OS/c1-9-4-6-16-14(12(9)13(15)19)17(3)8-11-5-7-18-10(11)2/h4-7H,8H2,1-3H3,(H2,15,19). The van der Waals surface area contributed by atoms with Crippen LogP contribution in [0.4, 0.5) is 5.82 Å². The lowest BCUT2D eigenvalue weighted by atomic mass is 10.1. The third-order valence-electron chi connectivity index (χ3n) is 3.12. The number of furan rings is 1. The average Bonchev–Trinajstić information content (AvgIpc) is 2.74. The molecule has 19 heavy (non-hydrogen) atoms. The molecule has 0 bridgehead atoms. The van der Waals surface area contributed by atoms with E-state index in [0.29, 0.717) is 11.5 Å². The number of hydrogen-bond acceptors (Lipinski definition) is 4. The number of aryl methyl sites for hydroxylation is 2. The van der Waals surface area contributed by atoms with Crippen molar-refractivity contribution < 1.29 is 4.42 Å². The summed E-state index contributed by atoms with van der Waals surface area (Å²) in [6.07, 6.45) is 3.46. The van der Waals surface area contributed by atoms with Gasteiger partial charge in [-0.25, -0.2) is 4.98 Å². The minimum Gasteiger partial charge on any atom is -0.469 e. The summed E-state index contributed by atoms with van der Waals surface area (Å²) in [5, 5.41) is 0. The van der Waals surface area contributed by atoms with Gasteiger partial charge >= 0.3 is 0 Å². The predicted octanol–water partition coefficient (Wildman–Crippen LogP) is 2.56. The van der Waals surface area contributed by atoms with Gasteiger partial charge in [-0.2, -0.15) is 0 Å². The van der Waals surface area contributed by atoms with Crippen LogP contribution in [0.3, 0.4) is 0 Å². The fraction of sp³-hybridized carbons (Fsp3) is 0.286. The summed E-state index contributed by atoms with van der Waals surface area (Å²) in [4.78, 5) is 6.80. The van der Waals surface area contributed by atoms with Gasteiger partial charge in [-0.1, -0.05) is 12.2 Å². The SMILES string of the molecule is Cc1ccnc(N(C)Cc2ccoc2C)c1C(N)=S. The molecule has 0 atom stereocenters. The molecule has 2 heterocycles. The monoisotopic (exact) mass is 275 g/mol. The van der Waals surface area contributed by atoms with Crippen LogP contribution in [0.15, 0.2) is 29.0 Å². The molecule has 0 unspecified atom stereocenters. The molecule has 0 fully saturated rings. The van der Waals surface area contributed by atoms with Gasteiger partial charge in [0.2, 0.25) is 0 Å². The number of pyridine rings is 1. The molecular formula is C14H17N3OS. The van der Waals surface area contributed by atoms with E-state index in [1.165, 1.54) is 0 Å². The van der Waals surface area contributed by atoms with E-state index < -0.39 is 0 Å². The maximum atomic E-state index is 5.80. The van der Waals surface area contributed by atoms with Crippen LogP contribution >= 0.6 is 12.2 Å². The number of anilines is 1. The van der Waals surface area contributed by atoms with Gasteiger partial charge in [0.25, 0.3) is 0 Å². The Morgan fingerprint density at radius 3 is 2.74 bits per heavy atom. The van der Waals surface area contributed by atoms with E-state index in [0.717, 1.165) is 28.3 Å². The van der Waals surface area contributed by atoms with Crippen LogP contribution in [0.1, 0.15) is 22.5 Å². The van der Waals surface area contributed by atoms with Crippen molar-refractivity contribution in [2.45, 2.75) is 20.4 Å². The second-order valence-electron chi connectivity index (χ2n) is 4.55. The minimum atomic E-state index is 0.372. The summed E-state index contributed by atoms with van der Waals surface area (Å²) in [5.41, 5.74) is 8.80. The molecule has 0 aliphatic rings. The van der Waals surface area contributed by atoms with E-state index in [9.17, 15) is 0 Å². The Morgan fingerprint density at radius 2 is 2.16 bits per heavy atom. The number of nitrogens with two attached hydrogens (primary N) is 1. The van der Waals surface area contributed by atoms with E-state index in [-0.39, 0.29) is 0 Å². The topological polar surface area (TPSA) is 55.3 Å². The van der Waals surface area contributed by atoms with Crippen molar-refractivity contribution in [3.63, 3.8) is 0 Å². The van der Waals surface area contributed by atoms with Crippen LogP contribution in [-0.2, 0) is 6.54 Å². The van der Waals surface area contributed by atoms with Crippen LogP contribution in [0.25, 0.3) is 0 Å². The highest BCUT2D eigenvalue weighted by molar-refractivity contribution is 7.80. The van der Waals surface area contributed by atoms with E-state index in [1.54, 1.807) is 12.5 Å². The zero-order valence-electron chi connectivity index (χ0n) is 11.3. The van der Waals surface area contributed by atoms with Crippen molar-refractivity contribution in [1.82, 2.24) is 4.98 Å². The Bertz CT molecular complexity index is 606. The van der Waals surface area contributed by atoms with Gasteiger partial charge in [0.05, 0.1) is 11.8 Å². The lowest BCUT2D eigenvalue weighted by Crippen LogP contribution is -2.23. The van der Waals surface area contributed by atoms with Crippen LogP contribution in [0, 0.1) is 13.8 Å². The van der Waals surface area contributed by atoms with Gasteiger partial charge in [0, 0.05) is 25.4 Å². The molecule has 2 aromatic heterocycles. The molecule has 0 saturated heterocycles. The molecule has 0 aliphatic heterocycles. The second-order valence-corrected chi connectivity index (χ2v) is 4.99. The van der Waals surface area contributed by atoms with Crippen molar-refractivity contribution in [2.75, 3.05) is 11.9 Å². The van der Waals surface area contributed by atoms with E-state index in [1.807, 2.05) is 37.9 Å². The first-order valence-corrected chi connectivity index (χ1v) is 6.41. The molecular weight excluding hydrogens is 258 g/mol. The first-order chi connectivity index (χ1) is 9.00. The first kappa shape index (κ1) is 13.5. The Morgan fingerprint density at radius 1 is 1.42 bits per heavy atom. The smallest absolute Gasteiger partial charge is 0.139 e. The van der Waals surface area contributed by atoms with Gasteiger partial charge in [0.1, 0.15) is 16.6 Å². The first-order valence-electron chi connectivity index (χ1n) is 6.00. The maximum Gasteiger partial charge on any atom is 0.139 e. The molecule has 0 amide bonds. The molecule has 2 aromatic rings. The van der Waals surface area contributed by atoms with Crippen molar-refractivity contribution in [3.05, 3.63) is 47.0 Å². The second kappa shape index (κ2) is 5.40. The van der Waals surface area contributed by atoms with Gasteiger partial charge in [-0.15, -0.1) is 0 Å². The van der Waals surface area contributed by atoms with Gasteiger partial charge < -0.3 is 15.1 Å². The van der Waals surface area contributed by atoms with Gasteiger partial charge in [-0.3, -0.25) is 0 Å². The molecule has 100 valence electrons. The Balaban J connectivity index is 2.34. The number of rotatable bonds is 4. The largest absolute Gasteiger partial charge is 0.469 e. The summed E-state index contributed by atoms with van der Waals surface area (Å²) in [6.45, 7) is 4.63. The lowest BCUT2D eigenvalue weighted by molar-refractivity contribution is 0.529. The number of nitrogens with zero attached hydrogens (tertiary/aromatic N) is 2. The minimum absolute atomic E-state index is 0.372. The summed E-state index contributed by atoms with van der Waals surface area (Å²) in [5.74, 6) is 1.71. The summed E-state index contributed by atoms with van der Waals surface area (Å²) < 4.78 is 5.31. The van der Waals surface area contributed by atoms with Gasteiger partial charge in [-0.05, 0) is 31.5 Å². The van der Waals surface area contributed by atoms with Crippen LogP contribution in [-0.4, -0.2) is 17.0 Å². The third-order valence-corrected chi connectivity index (χ3v) is 3.33. The molecule has 0 radical (unpaired) electrons. The molecule has 0 aromatic carbocycles. The van der Waals surface area contributed by atoms with Crippen LogP contribution < -0.4 is 10.6 Å². The number of aromatic nitrogens is 1. The van der Waals surface area contributed by atoms with Crippen molar-refractivity contribution in [2.24, 2.45) is 5.73 Å². The zero-order valence-corrected chi connectivity index (χ0v) is 12.1. The molecule has 0 saturated carbocycles. The Labute approximate surface area is 118 Å². The van der Waals surface area contributed by atoms with Crippen molar-refractivity contribution >= 4 is 23.0 Å². The summed E-state index contributed by atoms with van der Waals surface area (Å²) in [7, 11) is 1.97. The van der Waals surface area contributed by atoms with E-state index >= 15 is 0 Å². The van der Waals surface area contributed by atoms with E-state index in [4.69, 9.17) is 22.4 Å². The highest BCUT2D eigenvalue weighted by Gasteiger charge is 2.15. The fourth-order valence-electron chi connectivity index (χ4n) is 2.04. The van der Waals surface area contributed by atoms with Crippen molar-refractivity contribution in [1.29, 1.82) is 0 Å². The summed E-state index contributed by atoms with van der Waals surface area (Å²) in [6, 6.07) is 3.87. The predicted molar refractivity (Wildman–Crippen MR) is 80.4 cm³/mol. The normalized spacial score (nSPS) is 10.5. The molecule has 0 aliphatic carbocycles. The van der Waals surface area contributed by atoms with Gasteiger partial charge in [0.15, 0.2) is 0 Å².